The van der Waals surface area contributed by atoms with Crippen LogP contribution < -0.4 is 19.9 Å². The molecule has 1 atom stereocenters. The maximum Gasteiger partial charge on any atom is 0.210 e. The van der Waals surface area contributed by atoms with Gasteiger partial charge in [-0.15, -0.1) is 0 Å². The van der Waals surface area contributed by atoms with E-state index >= 15 is 0 Å². The molecule has 0 heterocycles. The zero-order chi connectivity index (χ0) is 13.7. The first-order chi connectivity index (χ1) is 8.60. The zero-order valence-electron chi connectivity index (χ0n) is 11.2. The molecule has 0 spiro atoms. The minimum Gasteiger partial charge on any atom is -0.493 e. The summed E-state index contributed by atoms with van der Waals surface area (Å²) in [6.07, 6.45) is 0.741. The predicted molar refractivity (Wildman–Crippen MR) is 68.1 cm³/mol. The van der Waals surface area contributed by atoms with Crippen molar-refractivity contribution in [2.75, 3.05) is 27.9 Å². The van der Waals surface area contributed by atoms with E-state index < -0.39 is 5.82 Å². The van der Waals surface area contributed by atoms with Crippen LogP contribution in [0.1, 0.15) is 24.8 Å². The number of hydrogen-bond acceptors (Lipinski definition) is 4. The summed E-state index contributed by atoms with van der Waals surface area (Å²) >= 11 is 0. The number of ether oxygens (including phenoxy) is 3. The van der Waals surface area contributed by atoms with Crippen molar-refractivity contribution in [3.63, 3.8) is 0 Å². The van der Waals surface area contributed by atoms with Crippen LogP contribution in [-0.2, 0) is 0 Å². The summed E-state index contributed by atoms with van der Waals surface area (Å²) in [6, 6.07) is 1.74. The molecule has 1 unspecified atom stereocenters. The highest BCUT2D eigenvalue weighted by atomic mass is 19.1. The number of nitrogens with two attached hydrogens (primary N) is 1. The maximum atomic E-state index is 14.2. The van der Waals surface area contributed by atoms with Crippen LogP contribution in [0, 0.1) is 5.82 Å². The van der Waals surface area contributed by atoms with E-state index in [-0.39, 0.29) is 17.4 Å². The number of methoxy groups -OCH3 is 3. The van der Waals surface area contributed by atoms with Crippen LogP contribution >= 0.6 is 0 Å². The molecule has 0 fully saturated rings. The number of halogens is 1. The van der Waals surface area contributed by atoms with E-state index in [2.05, 4.69) is 0 Å². The van der Waals surface area contributed by atoms with Crippen LogP contribution in [-0.4, -0.2) is 27.9 Å². The van der Waals surface area contributed by atoms with Gasteiger partial charge in [0.1, 0.15) is 0 Å². The number of benzene rings is 1. The Labute approximate surface area is 107 Å². The fraction of sp³-hybridized carbons (Fsp3) is 0.538. The van der Waals surface area contributed by atoms with Crippen molar-refractivity contribution < 1.29 is 18.6 Å². The minimum atomic E-state index is -0.543. The van der Waals surface area contributed by atoms with Gasteiger partial charge in [0.25, 0.3) is 0 Å². The molecule has 2 N–H and O–H groups in total. The topological polar surface area (TPSA) is 53.7 Å². The lowest BCUT2D eigenvalue weighted by molar-refractivity contribution is 0.317. The molecule has 1 rings (SSSR count). The van der Waals surface area contributed by atoms with Crippen LogP contribution in [0.25, 0.3) is 0 Å². The van der Waals surface area contributed by atoms with Crippen molar-refractivity contribution in [1.82, 2.24) is 0 Å². The monoisotopic (exact) mass is 257 g/mol. The summed E-state index contributed by atoms with van der Waals surface area (Å²) in [6.45, 7) is 2.50. The van der Waals surface area contributed by atoms with Crippen LogP contribution in [0.15, 0.2) is 6.07 Å². The standard InChI is InChI=1S/C13H20FNO3/c1-8(5-6-15)9-7-10(16-2)13(18-4)11(14)12(9)17-3/h7-8H,5-6,15H2,1-4H3. The van der Waals surface area contributed by atoms with E-state index in [1.165, 1.54) is 21.3 Å². The van der Waals surface area contributed by atoms with Gasteiger partial charge in [-0.25, -0.2) is 0 Å². The molecule has 5 heteroatoms. The molecule has 4 nitrogen and oxygen atoms in total. The first kappa shape index (κ1) is 14.6. The van der Waals surface area contributed by atoms with Gasteiger partial charge in [0.15, 0.2) is 11.5 Å². The minimum absolute atomic E-state index is 0.0537. The van der Waals surface area contributed by atoms with Gasteiger partial charge in [-0.1, -0.05) is 6.92 Å². The summed E-state index contributed by atoms with van der Waals surface area (Å²) in [5.41, 5.74) is 6.27. The Balaban J connectivity index is 3.37. The second-order valence-corrected chi connectivity index (χ2v) is 4.03. The summed E-state index contributed by atoms with van der Waals surface area (Å²) in [5.74, 6) is 0.138. The van der Waals surface area contributed by atoms with Crippen molar-refractivity contribution in [3.8, 4) is 17.2 Å². The first-order valence-electron chi connectivity index (χ1n) is 5.79. The molecule has 0 aliphatic heterocycles. The van der Waals surface area contributed by atoms with Gasteiger partial charge in [-0.2, -0.15) is 4.39 Å². The van der Waals surface area contributed by atoms with Crippen molar-refractivity contribution in [3.05, 3.63) is 17.4 Å². The second-order valence-electron chi connectivity index (χ2n) is 4.03. The molecule has 102 valence electrons. The zero-order valence-corrected chi connectivity index (χ0v) is 11.2. The lowest BCUT2D eigenvalue weighted by atomic mass is 9.96. The summed E-state index contributed by atoms with van der Waals surface area (Å²) in [5, 5.41) is 0. The summed E-state index contributed by atoms with van der Waals surface area (Å²) < 4.78 is 29.5. The van der Waals surface area contributed by atoms with Gasteiger partial charge in [0.05, 0.1) is 21.3 Å². The fourth-order valence-corrected chi connectivity index (χ4v) is 1.93. The van der Waals surface area contributed by atoms with Crippen molar-refractivity contribution in [2.45, 2.75) is 19.3 Å². The third kappa shape index (κ3) is 2.67. The van der Waals surface area contributed by atoms with Crippen LogP contribution in [0.4, 0.5) is 4.39 Å². The van der Waals surface area contributed by atoms with E-state index in [0.717, 1.165) is 12.0 Å². The molecule has 0 aromatic heterocycles. The summed E-state index contributed by atoms with van der Waals surface area (Å²) in [4.78, 5) is 0. The van der Waals surface area contributed by atoms with Crippen LogP contribution in [0.2, 0.25) is 0 Å². The van der Waals surface area contributed by atoms with Gasteiger partial charge >= 0.3 is 0 Å². The third-order valence-corrected chi connectivity index (χ3v) is 2.93. The van der Waals surface area contributed by atoms with E-state index in [1.54, 1.807) is 6.07 Å². The Kier molecular flexibility index (Phi) is 5.22. The quantitative estimate of drug-likeness (QED) is 0.849. The Morgan fingerprint density at radius 1 is 1.17 bits per heavy atom. The highest BCUT2D eigenvalue weighted by Gasteiger charge is 2.23. The molecule has 0 saturated carbocycles. The Hall–Kier alpha value is -1.49. The van der Waals surface area contributed by atoms with E-state index in [4.69, 9.17) is 19.9 Å². The van der Waals surface area contributed by atoms with Crippen molar-refractivity contribution in [2.24, 2.45) is 5.73 Å². The van der Waals surface area contributed by atoms with Crippen LogP contribution in [0.5, 0.6) is 17.2 Å². The maximum absolute atomic E-state index is 14.2. The molecular weight excluding hydrogens is 237 g/mol. The molecule has 0 aliphatic carbocycles. The normalized spacial score (nSPS) is 12.1. The van der Waals surface area contributed by atoms with E-state index in [0.29, 0.717) is 12.3 Å². The molecule has 0 aliphatic rings. The van der Waals surface area contributed by atoms with Gasteiger partial charge in [0, 0.05) is 5.56 Å². The molecule has 1 aromatic rings. The molecule has 0 radical (unpaired) electrons. The largest absolute Gasteiger partial charge is 0.493 e. The number of hydrogen-bond donors (Lipinski definition) is 1. The highest BCUT2D eigenvalue weighted by Crippen LogP contribution is 2.42. The lowest BCUT2D eigenvalue weighted by Crippen LogP contribution is -2.08. The average molecular weight is 257 g/mol. The Morgan fingerprint density at radius 3 is 2.22 bits per heavy atom. The summed E-state index contributed by atoms with van der Waals surface area (Å²) in [7, 11) is 4.30. The van der Waals surface area contributed by atoms with Crippen molar-refractivity contribution in [1.29, 1.82) is 0 Å². The lowest BCUT2D eigenvalue weighted by Gasteiger charge is -2.19. The van der Waals surface area contributed by atoms with Gasteiger partial charge in [-0.3, -0.25) is 0 Å². The van der Waals surface area contributed by atoms with Crippen LogP contribution in [0.3, 0.4) is 0 Å². The molecule has 0 amide bonds. The van der Waals surface area contributed by atoms with Gasteiger partial charge < -0.3 is 19.9 Å². The first-order valence-corrected chi connectivity index (χ1v) is 5.79. The second kappa shape index (κ2) is 6.44. The highest BCUT2D eigenvalue weighted by molar-refractivity contribution is 5.53. The molecule has 0 saturated heterocycles. The SMILES string of the molecule is COc1cc(C(C)CCN)c(OC)c(F)c1OC. The van der Waals surface area contributed by atoms with E-state index in [9.17, 15) is 4.39 Å². The van der Waals surface area contributed by atoms with Gasteiger partial charge in [-0.05, 0) is 24.9 Å². The third-order valence-electron chi connectivity index (χ3n) is 2.93. The Morgan fingerprint density at radius 2 is 1.78 bits per heavy atom. The fourth-order valence-electron chi connectivity index (χ4n) is 1.93. The predicted octanol–water partition coefficient (Wildman–Crippen LogP) is 2.30. The molecule has 18 heavy (non-hydrogen) atoms. The van der Waals surface area contributed by atoms with E-state index in [1.807, 2.05) is 6.92 Å². The average Bonchev–Trinajstić information content (AvgIpc) is 2.37. The van der Waals surface area contributed by atoms with Crippen molar-refractivity contribution >= 4 is 0 Å². The molecule has 0 bridgehead atoms. The van der Waals surface area contributed by atoms with Gasteiger partial charge in [0.2, 0.25) is 11.6 Å². The number of rotatable bonds is 6. The smallest absolute Gasteiger partial charge is 0.210 e. The molecular formula is C13H20FNO3. The molecule has 1 aromatic carbocycles. The Bertz CT molecular complexity index is 410.